The molecule has 0 spiro atoms. The lowest BCUT2D eigenvalue weighted by Crippen LogP contribution is -2.48. The molecule has 2 aromatic heterocycles. The van der Waals surface area contributed by atoms with Crippen molar-refractivity contribution < 1.29 is 26.3 Å². The van der Waals surface area contributed by atoms with Gasteiger partial charge in [-0.05, 0) is 49.9 Å². The maximum atomic E-state index is 14.9. The fraction of sp³-hybridized carbons (Fsp3) is 0.474. The van der Waals surface area contributed by atoms with Gasteiger partial charge in [-0.15, -0.1) is 22.7 Å². The van der Waals surface area contributed by atoms with Gasteiger partial charge in [0.25, 0.3) is 0 Å². The van der Waals surface area contributed by atoms with Gasteiger partial charge >= 0.3 is 17.8 Å². The second kappa shape index (κ2) is 7.24. The van der Waals surface area contributed by atoms with Crippen LogP contribution in [0, 0.1) is 27.7 Å². The van der Waals surface area contributed by atoms with E-state index in [4.69, 9.17) is 0 Å². The number of hydrogen-bond donors (Lipinski definition) is 2. The number of hydrogen-bond acceptors (Lipinski definition) is 4. The maximum absolute atomic E-state index is 14.9. The average molecular weight is 489 g/mol. The second-order valence-electron chi connectivity index (χ2n) is 6.97. The Kier molecular flexibility index (Phi) is 5.76. The molecule has 0 N–H and O–H groups in total. The molecule has 0 unspecified atom stereocenters. The van der Waals surface area contributed by atoms with E-state index in [0.29, 0.717) is 20.9 Å². The largest absolute Gasteiger partial charge is 0.380 e. The predicted octanol–water partition coefficient (Wildman–Crippen LogP) is 7.73. The SMILES string of the molecule is Cc1sc(C2=C(c3sc(C)c(CS)c3C)C(F)(F)C(F)(F)C2(F)F)c(C)c1CS. The third kappa shape index (κ3) is 2.96. The van der Waals surface area contributed by atoms with Crippen LogP contribution in [0.4, 0.5) is 26.3 Å². The molecule has 1 aliphatic carbocycles. The summed E-state index contributed by atoms with van der Waals surface area (Å²) >= 11 is 9.96. The molecule has 2 aromatic rings. The third-order valence-corrected chi connectivity index (χ3v) is 8.55. The minimum atomic E-state index is -5.54. The van der Waals surface area contributed by atoms with E-state index in [0.717, 1.165) is 22.7 Å². The highest BCUT2D eigenvalue weighted by atomic mass is 32.1. The van der Waals surface area contributed by atoms with Crippen molar-refractivity contribution in [3.63, 3.8) is 0 Å². The molecule has 3 rings (SSSR count). The van der Waals surface area contributed by atoms with E-state index in [2.05, 4.69) is 25.3 Å². The maximum Gasteiger partial charge on any atom is 0.380 e. The van der Waals surface area contributed by atoms with Crippen LogP contribution in [0.5, 0.6) is 0 Å². The van der Waals surface area contributed by atoms with Crippen LogP contribution in [0.2, 0.25) is 0 Å². The zero-order chi connectivity index (χ0) is 22.1. The Bertz CT molecular complexity index is 934. The average Bonchev–Trinajstić information content (AvgIpc) is 3.09. The molecule has 2 heterocycles. The lowest BCUT2D eigenvalue weighted by molar-refractivity contribution is -0.254. The molecular weight excluding hydrogens is 470 g/mol. The first kappa shape index (κ1) is 23.1. The smallest absolute Gasteiger partial charge is 0.194 e. The predicted molar refractivity (Wildman–Crippen MR) is 115 cm³/mol. The lowest BCUT2D eigenvalue weighted by Gasteiger charge is -2.25. The molecule has 0 amide bonds. The van der Waals surface area contributed by atoms with Crippen molar-refractivity contribution >= 4 is 59.1 Å². The summed E-state index contributed by atoms with van der Waals surface area (Å²) in [6.45, 7) is 6.22. The molecule has 0 bridgehead atoms. The number of aryl methyl sites for hydroxylation is 2. The van der Waals surface area contributed by atoms with E-state index in [1.165, 1.54) is 13.8 Å². The van der Waals surface area contributed by atoms with Crippen LogP contribution in [0.25, 0.3) is 11.1 Å². The number of allylic oxidation sites excluding steroid dienone is 2. The van der Waals surface area contributed by atoms with Gasteiger partial charge in [-0.2, -0.15) is 51.6 Å². The van der Waals surface area contributed by atoms with Crippen molar-refractivity contribution in [3.05, 3.63) is 41.8 Å². The van der Waals surface area contributed by atoms with Crippen LogP contribution in [0.15, 0.2) is 0 Å². The summed E-state index contributed by atoms with van der Waals surface area (Å²) in [5, 5.41) is 0. The molecule has 160 valence electrons. The molecule has 0 saturated carbocycles. The van der Waals surface area contributed by atoms with Gasteiger partial charge in [0.15, 0.2) is 0 Å². The van der Waals surface area contributed by atoms with Gasteiger partial charge in [-0.3, -0.25) is 0 Å². The van der Waals surface area contributed by atoms with Gasteiger partial charge in [0.2, 0.25) is 0 Å². The van der Waals surface area contributed by atoms with Gasteiger partial charge in [0, 0.05) is 31.0 Å². The summed E-state index contributed by atoms with van der Waals surface area (Å²) in [5.41, 5.74) is -0.816. The van der Waals surface area contributed by atoms with Crippen LogP contribution in [-0.2, 0) is 11.5 Å². The first-order valence-corrected chi connectivity index (χ1v) is 11.4. The Balaban J connectivity index is 2.49. The van der Waals surface area contributed by atoms with E-state index in [-0.39, 0.29) is 32.4 Å². The zero-order valence-corrected chi connectivity index (χ0v) is 19.3. The number of halogens is 6. The number of thiophene rings is 2. The molecule has 0 nitrogen and oxygen atoms in total. The highest BCUT2D eigenvalue weighted by Gasteiger charge is 2.80. The van der Waals surface area contributed by atoms with E-state index in [1.807, 2.05) is 0 Å². The third-order valence-electron chi connectivity index (χ3n) is 5.38. The van der Waals surface area contributed by atoms with E-state index in [1.54, 1.807) is 13.8 Å². The molecule has 0 saturated heterocycles. The van der Waals surface area contributed by atoms with Crippen molar-refractivity contribution in [1.29, 1.82) is 0 Å². The van der Waals surface area contributed by atoms with Crippen LogP contribution >= 0.6 is 47.9 Å². The molecule has 0 aromatic carbocycles. The summed E-state index contributed by atoms with van der Waals surface area (Å²) in [6, 6.07) is 0. The summed E-state index contributed by atoms with van der Waals surface area (Å²) in [4.78, 5) is 0.704. The zero-order valence-electron chi connectivity index (χ0n) is 15.9. The Morgan fingerprint density at radius 1 is 0.655 bits per heavy atom. The number of rotatable bonds is 4. The fourth-order valence-corrected chi connectivity index (χ4v) is 7.35. The van der Waals surface area contributed by atoms with E-state index in [9.17, 15) is 26.3 Å². The number of thiol groups is 2. The Morgan fingerprint density at radius 2 is 0.966 bits per heavy atom. The van der Waals surface area contributed by atoms with Crippen molar-refractivity contribution in [2.75, 3.05) is 0 Å². The summed E-state index contributed by atoms with van der Waals surface area (Å²) < 4.78 is 88.7. The highest BCUT2D eigenvalue weighted by Crippen LogP contribution is 2.66. The van der Waals surface area contributed by atoms with Crippen molar-refractivity contribution in [2.24, 2.45) is 0 Å². The van der Waals surface area contributed by atoms with E-state index < -0.39 is 28.9 Å². The normalized spacial score (nSPS) is 20.0. The molecule has 1 aliphatic rings. The molecule has 29 heavy (non-hydrogen) atoms. The standard InChI is InChI=1S/C19H18F6S4/c1-7-11(5-26)9(3)28-15(7)13-14(16-8(2)12(6-27)10(4)29-16)18(22,23)19(24,25)17(13,20)21/h26-27H,5-6H2,1-4H3. The van der Waals surface area contributed by atoms with Crippen LogP contribution in [-0.4, -0.2) is 17.8 Å². The summed E-state index contributed by atoms with van der Waals surface area (Å²) in [6.07, 6.45) is 0. The minimum absolute atomic E-state index is 0.191. The molecule has 0 aliphatic heterocycles. The topological polar surface area (TPSA) is 0 Å². The first-order valence-electron chi connectivity index (χ1n) is 8.54. The Labute approximate surface area is 183 Å². The second-order valence-corrected chi connectivity index (χ2v) is 10.1. The molecule has 0 fully saturated rings. The molecule has 0 atom stereocenters. The van der Waals surface area contributed by atoms with Crippen molar-refractivity contribution in [3.8, 4) is 0 Å². The molecule has 0 radical (unpaired) electrons. The van der Waals surface area contributed by atoms with Gasteiger partial charge in [0.1, 0.15) is 0 Å². The van der Waals surface area contributed by atoms with Crippen LogP contribution in [0.3, 0.4) is 0 Å². The molecular formula is C19H18F6S4. The van der Waals surface area contributed by atoms with E-state index >= 15 is 0 Å². The number of alkyl halides is 6. The minimum Gasteiger partial charge on any atom is -0.194 e. The van der Waals surface area contributed by atoms with Gasteiger partial charge in [0.05, 0.1) is 11.1 Å². The monoisotopic (exact) mass is 488 g/mol. The fourth-order valence-electron chi connectivity index (χ4n) is 3.66. The van der Waals surface area contributed by atoms with Gasteiger partial charge in [-0.1, -0.05) is 0 Å². The highest BCUT2D eigenvalue weighted by molar-refractivity contribution is 7.79. The Morgan fingerprint density at radius 3 is 1.21 bits per heavy atom. The summed E-state index contributed by atoms with van der Waals surface area (Å²) in [7, 11) is 0. The first-order chi connectivity index (χ1) is 13.3. The van der Waals surface area contributed by atoms with Gasteiger partial charge < -0.3 is 0 Å². The lowest BCUT2D eigenvalue weighted by atomic mass is 9.98. The van der Waals surface area contributed by atoms with Crippen molar-refractivity contribution in [2.45, 2.75) is 57.0 Å². The van der Waals surface area contributed by atoms with Gasteiger partial charge in [-0.25, -0.2) is 0 Å². The summed E-state index contributed by atoms with van der Waals surface area (Å²) in [5.74, 6) is -15.2. The van der Waals surface area contributed by atoms with Crippen LogP contribution < -0.4 is 0 Å². The van der Waals surface area contributed by atoms with Crippen molar-refractivity contribution in [1.82, 2.24) is 0 Å². The van der Waals surface area contributed by atoms with Crippen LogP contribution in [0.1, 0.15) is 41.8 Å². The molecule has 10 heteroatoms. The Hall–Kier alpha value is -0.580. The quantitative estimate of drug-likeness (QED) is 0.319.